The van der Waals surface area contributed by atoms with E-state index < -0.39 is 0 Å². The van der Waals surface area contributed by atoms with Gasteiger partial charge in [-0.25, -0.2) is 4.99 Å². The Morgan fingerprint density at radius 2 is 1.70 bits per heavy atom. The number of rotatable bonds is 6. The van der Waals surface area contributed by atoms with Crippen molar-refractivity contribution < 1.29 is 5.11 Å². The second-order valence-electron chi connectivity index (χ2n) is 8.68. The molecule has 4 nitrogen and oxygen atoms in total. The van der Waals surface area contributed by atoms with Gasteiger partial charge in [0.25, 0.3) is 0 Å². The van der Waals surface area contributed by atoms with Crippen molar-refractivity contribution >= 4 is 33.9 Å². The number of nitrogens with one attached hydrogen (secondary N) is 1. The van der Waals surface area contributed by atoms with Crippen LogP contribution in [0.15, 0.2) is 77.8 Å². The Kier molecular flexibility index (Phi) is 6.47. The van der Waals surface area contributed by atoms with Gasteiger partial charge in [-0.1, -0.05) is 66.6 Å². The molecule has 2 heterocycles. The number of aromatic hydroxyl groups is 1. The van der Waals surface area contributed by atoms with Crippen molar-refractivity contribution in [2.24, 2.45) is 4.99 Å². The van der Waals surface area contributed by atoms with E-state index in [1.54, 1.807) is 0 Å². The first-order valence-corrected chi connectivity index (χ1v) is 12.0. The summed E-state index contributed by atoms with van der Waals surface area (Å²) >= 11 is 6.16. The predicted octanol–water partition coefficient (Wildman–Crippen LogP) is 6.72. The second-order valence-corrected chi connectivity index (χ2v) is 9.12. The minimum Gasteiger partial charge on any atom is -0.494 e. The van der Waals surface area contributed by atoms with Crippen LogP contribution in [0.3, 0.4) is 0 Å². The minimum absolute atomic E-state index is 0.0908. The van der Waals surface area contributed by atoms with Crippen molar-refractivity contribution in [1.29, 1.82) is 0 Å². The highest BCUT2D eigenvalue weighted by Gasteiger charge is 2.19. The third-order valence-electron chi connectivity index (χ3n) is 6.37. The van der Waals surface area contributed by atoms with Gasteiger partial charge in [0.1, 0.15) is 0 Å². The van der Waals surface area contributed by atoms with Crippen LogP contribution < -0.4 is 0 Å². The molecule has 3 aromatic carbocycles. The second kappa shape index (κ2) is 9.82. The molecule has 5 rings (SSSR count). The number of hydrogen-bond acceptors (Lipinski definition) is 3. The average molecular weight is 458 g/mol. The topological polar surface area (TPSA) is 51.6 Å². The highest BCUT2D eigenvalue weighted by atomic mass is 35.5. The van der Waals surface area contributed by atoms with Crippen LogP contribution in [0.4, 0.5) is 5.69 Å². The zero-order valence-corrected chi connectivity index (χ0v) is 19.4. The van der Waals surface area contributed by atoms with Gasteiger partial charge >= 0.3 is 0 Å². The van der Waals surface area contributed by atoms with E-state index in [0.29, 0.717) is 10.6 Å². The molecule has 1 fully saturated rings. The van der Waals surface area contributed by atoms with Gasteiger partial charge < -0.3 is 15.0 Å². The molecule has 168 valence electrons. The monoisotopic (exact) mass is 457 g/mol. The summed E-state index contributed by atoms with van der Waals surface area (Å²) < 4.78 is 0. The SMILES string of the molecule is Oc1[nH]c2cc(Cl)ccc2c1C(=Nc1ccc(CCN2CCCCC2)cc1)c1ccccc1. The number of benzene rings is 3. The van der Waals surface area contributed by atoms with E-state index in [4.69, 9.17) is 16.6 Å². The zero-order chi connectivity index (χ0) is 22.6. The molecule has 5 heteroatoms. The van der Waals surface area contributed by atoms with Crippen molar-refractivity contribution in [3.8, 4) is 5.88 Å². The van der Waals surface area contributed by atoms with E-state index in [1.807, 2.05) is 48.5 Å². The first-order chi connectivity index (χ1) is 16.2. The number of fused-ring (bicyclic) bond motifs is 1. The van der Waals surface area contributed by atoms with Crippen LogP contribution in [0, 0.1) is 0 Å². The molecule has 4 aromatic rings. The maximum atomic E-state index is 10.8. The van der Waals surface area contributed by atoms with Gasteiger partial charge in [0.05, 0.1) is 22.5 Å². The van der Waals surface area contributed by atoms with Crippen molar-refractivity contribution in [2.45, 2.75) is 25.7 Å². The lowest BCUT2D eigenvalue weighted by atomic mass is 10.0. The van der Waals surface area contributed by atoms with E-state index >= 15 is 0 Å². The molecule has 0 saturated carbocycles. The molecule has 1 aliphatic rings. The van der Waals surface area contributed by atoms with E-state index in [0.717, 1.165) is 40.8 Å². The minimum atomic E-state index is 0.0908. The maximum Gasteiger partial charge on any atom is 0.199 e. The number of halogens is 1. The molecule has 1 aliphatic heterocycles. The van der Waals surface area contributed by atoms with Crippen LogP contribution in [-0.4, -0.2) is 40.3 Å². The van der Waals surface area contributed by atoms with Crippen LogP contribution in [0.5, 0.6) is 5.88 Å². The highest BCUT2D eigenvalue weighted by molar-refractivity contribution is 6.31. The normalized spacial score (nSPS) is 15.2. The molecule has 1 aromatic heterocycles. The number of hydrogen-bond donors (Lipinski definition) is 2. The lowest BCUT2D eigenvalue weighted by Crippen LogP contribution is -2.31. The van der Waals surface area contributed by atoms with E-state index in [-0.39, 0.29) is 5.88 Å². The molecule has 2 N–H and O–H groups in total. The Bertz CT molecular complexity index is 1260. The van der Waals surface area contributed by atoms with Crippen molar-refractivity contribution in [2.75, 3.05) is 19.6 Å². The molecule has 1 saturated heterocycles. The lowest BCUT2D eigenvalue weighted by molar-refractivity contribution is 0.231. The first-order valence-electron chi connectivity index (χ1n) is 11.6. The van der Waals surface area contributed by atoms with Gasteiger partial charge in [-0.2, -0.15) is 0 Å². The maximum absolute atomic E-state index is 10.8. The number of aliphatic imine (C=N–C) groups is 1. The molecule has 0 amide bonds. The summed E-state index contributed by atoms with van der Waals surface area (Å²) in [6.45, 7) is 3.56. The summed E-state index contributed by atoms with van der Waals surface area (Å²) in [5, 5.41) is 12.3. The molecule has 0 bridgehead atoms. The van der Waals surface area contributed by atoms with Crippen LogP contribution in [0.1, 0.15) is 36.0 Å². The summed E-state index contributed by atoms with van der Waals surface area (Å²) in [5.74, 6) is 0.0908. The van der Waals surface area contributed by atoms with Crippen molar-refractivity contribution in [3.63, 3.8) is 0 Å². The van der Waals surface area contributed by atoms with E-state index in [2.05, 4.69) is 34.1 Å². The number of H-pyrrole nitrogens is 1. The van der Waals surface area contributed by atoms with Gasteiger partial charge in [0.2, 0.25) is 0 Å². The number of piperidine rings is 1. The number of aromatic amines is 1. The Morgan fingerprint density at radius 3 is 2.45 bits per heavy atom. The van der Waals surface area contributed by atoms with Crippen molar-refractivity contribution in [1.82, 2.24) is 9.88 Å². The molecule has 0 aliphatic carbocycles. The van der Waals surface area contributed by atoms with E-state index in [9.17, 15) is 5.11 Å². The van der Waals surface area contributed by atoms with Gasteiger partial charge in [-0.15, -0.1) is 0 Å². The zero-order valence-electron chi connectivity index (χ0n) is 18.6. The summed E-state index contributed by atoms with van der Waals surface area (Å²) in [6, 6.07) is 24.0. The highest BCUT2D eigenvalue weighted by Crippen LogP contribution is 2.33. The third-order valence-corrected chi connectivity index (χ3v) is 6.60. The molecular formula is C28H28ClN3O. The van der Waals surface area contributed by atoms with Crippen LogP contribution in [0.25, 0.3) is 10.9 Å². The Labute approximate surface area is 199 Å². The van der Waals surface area contributed by atoms with Gasteiger partial charge in [0.15, 0.2) is 5.88 Å². The molecule has 33 heavy (non-hydrogen) atoms. The number of likely N-dealkylation sites (tertiary alicyclic amines) is 1. The Hall–Kier alpha value is -3.08. The first kappa shape index (κ1) is 21.7. The fraction of sp³-hybridized carbons (Fsp3) is 0.250. The van der Waals surface area contributed by atoms with Crippen LogP contribution in [-0.2, 0) is 6.42 Å². The molecule has 0 radical (unpaired) electrons. The third kappa shape index (κ3) is 4.97. The largest absolute Gasteiger partial charge is 0.494 e. The fourth-order valence-electron chi connectivity index (χ4n) is 4.59. The standard InChI is InChI=1S/C28H28ClN3O/c29-22-11-14-24-25(19-22)31-28(33)26(24)27(21-7-3-1-4-8-21)30-23-12-9-20(10-13-23)15-18-32-16-5-2-6-17-32/h1,3-4,7-14,19,31,33H,2,5-6,15-18H2. The van der Waals surface area contributed by atoms with E-state index in [1.165, 1.54) is 37.9 Å². The van der Waals surface area contributed by atoms with Crippen LogP contribution >= 0.6 is 11.6 Å². The lowest BCUT2D eigenvalue weighted by Gasteiger charge is -2.26. The number of nitrogens with zero attached hydrogens (tertiary/aromatic N) is 2. The molecule has 0 spiro atoms. The Balaban J connectivity index is 1.47. The van der Waals surface area contributed by atoms with Crippen LogP contribution in [0.2, 0.25) is 5.02 Å². The molecule has 0 unspecified atom stereocenters. The summed E-state index contributed by atoms with van der Waals surface area (Å²) in [5.41, 5.74) is 5.32. The quantitative estimate of drug-likeness (QED) is 0.315. The summed E-state index contributed by atoms with van der Waals surface area (Å²) in [7, 11) is 0. The fourth-order valence-corrected chi connectivity index (χ4v) is 4.76. The van der Waals surface area contributed by atoms with Gasteiger partial charge in [-0.3, -0.25) is 0 Å². The van der Waals surface area contributed by atoms with Crippen molar-refractivity contribution in [3.05, 3.63) is 94.5 Å². The summed E-state index contributed by atoms with van der Waals surface area (Å²) in [6.07, 6.45) is 5.07. The molecule has 0 atom stereocenters. The number of aromatic nitrogens is 1. The molecular weight excluding hydrogens is 430 g/mol. The van der Waals surface area contributed by atoms with Gasteiger partial charge in [0, 0.05) is 22.5 Å². The van der Waals surface area contributed by atoms with Gasteiger partial charge in [-0.05, 0) is 62.2 Å². The Morgan fingerprint density at radius 1 is 0.939 bits per heavy atom. The summed E-state index contributed by atoms with van der Waals surface area (Å²) in [4.78, 5) is 10.6. The smallest absolute Gasteiger partial charge is 0.199 e. The predicted molar refractivity (Wildman–Crippen MR) is 137 cm³/mol. The average Bonchev–Trinajstić information content (AvgIpc) is 3.17.